The first kappa shape index (κ1) is 24.7. The fourth-order valence-electron chi connectivity index (χ4n) is 4.05. The predicted molar refractivity (Wildman–Crippen MR) is 123 cm³/mol. The van der Waals surface area contributed by atoms with Gasteiger partial charge in [-0.25, -0.2) is 4.98 Å². The van der Waals surface area contributed by atoms with E-state index >= 15 is 0 Å². The second-order valence-electron chi connectivity index (χ2n) is 8.02. The van der Waals surface area contributed by atoms with Gasteiger partial charge in [0.2, 0.25) is 5.91 Å². The molecule has 3 aromatic rings. The Hall–Kier alpha value is -3.38. The Morgan fingerprint density at radius 1 is 1.20 bits per heavy atom. The smallest absolute Gasteiger partial charge is 0.374 e. The number of thioether (sulfide) groups is 1. The van der Waals surface area contributed by atoms with Crippen molar-refractivity contribution in [1.29, 1.82) is 0 Å². The number of aromatic nitrogens is 2. The quantitative estimate of drug-likeness (QED) is 0.459. The minimum Gasteiger partial charge on any atom is -0.374 e. The summed E-state index contributed by atoms with van der Waals surface area (Å²) in [6.45, 7) is 1.58. The molecule has 1 aromatic heterocycles. The molecule has 1 aliphatic rings. The maximum atomic E-state index is 13.4. The summed E-state index contributed by atoms with van der Waals surface area (Å²) in [5.41, 5.74) is -3.82. The summed E-state index contributed by atoms with van der Waals surface area (Å²) in [7, 11) is 0. The van der Waals surface area contributed by atoms with Crippen molar-refractivity contribution in [2.75, 3.05) is 0 Å². The van der Waals surface area contributed by atoms with Gasteiger partial charge < -0.3 is 15.7 Å². The van der Waals surface area contributed by atoms with Crippen LogP contribution in [0.3, 0.4) is 0 Å². The van der Waals surface area contributed by atoms with E-state index in [1.807, 2.05) is 0 Å². The van der Waals surface area contributed by atoms with Crippen LogP contribution in [-0.2, 0) is 11.3 Å². The lowest BCUT2D eigenvalue weighted by atomic mass is 10.0. The molecule has 2 heterocycles. The predicted octanol–water partition coefficient (Wildman–Crippen LogP) is 3.02. The van der Waals surface area contributed by atoms with E-state index in [-0.39, 0.29) is 47.0 Å². The zero-order chi connectivity index (χ0) is 25.3. The molecule has 0 saturated carbocycles. The van der Waals surface area contributed by atoms with Crippen LogP contribution in [0.15, 0.2) is 52.2 Å². The Kier molecular flexibility index (Phi) is 6.86. The monoisotopic (exact) mass is 506 g/mol. The minimum absolute atomic E-state index is 0.0369. The second kappa shape index (κ2) is 9.70. The number of aliphatic hydroxyl groups is 1. The SMILES string of the molecule is Cc1nc2cccc(CNC(=O)c3ccc(SC(F)(F)F)cc3)c2c(=O)n1C1CC[C@H](O)NC1=O. The standard InChI is InChI=1S/C23H21F3N4O4S/c1-12-28-16-4-2-3-14(19(16)22(34)30(12)17-9-10-18(31)29-21(17)33)11-27-20(32)13-5-7-15(8-6-13)35-23(24,25)26/h2-8,17-18,31H,9-11H2,1H3,(H,27,32)(H,29,33)/t17?,18-/m0/s1. The molecule has 2 atom stereocenters. The number of amides is 2. The van der Waals surface area contributed by atoms with Gasteiger partial charge in [0.1, 0.15) is 18.1 Å². The summed E-state index contributed by atoms with van der Waals surface area (Å²) in [5, 5.41) is 15.0. The van der Waals surface area contributed by atoms with E-state index in [0.29, 0.717) is 16.9 Å². The van der Waals surface area contributed by atoms with E-state index in [9.17, 15) is 32.7 Å². The summed E-state index contributed by atoms with van der Waals surface area (Å²) in [4.78, 5) is 42.8. The molecule has 1 saturated heterocycles. The van der Waals surface area contributed by atoms with Crippen LogP contribution in [0.1, 0.15) is 40.6 Å². The first-order valence-corrected chi connectivity index (χ1v) is 11.5. The Labute approximate surface area is 201 Å². The highest BCUT2D eigenvalue weighted by molar-refractivity contribution is 8.00. The number of halogens is 3. The van der Waals surface area contributed by atoms with E-state index < -0.39 is 35.2 Å². The van der Waals surface area contributed by atoms with Gasteiger partial charge in [-0.1, -0.05) is 12.1 Å². The van der Waals surface area contributed by atoms with Gasteiger partial charge in [-0.3, -0.25) is 19.0 Å². The van der Waals surface area contributed by atoms with E-state index in [0.717, 1.165) is 0 Å². The molecule has 4 rings (SSSR count). The number of hydrogen-bond donors (Lipinski definition) is 3. The molecule has 0 aliphatic carbocycles. The number of alkyl halides is 3. The van der Waals surface area contributed by atoms with Gasteiger partial charge >= 0.3 is 5.51 Å². The topological polar surface area (TPSA) is 113 Å². The van der Waals surface area contributed by atoms with Crippen LogP contribution < -0.4 is 16.2 Å². The van der Waals surface area contributed by atoms with E-state index in [4.69, 9.17) is 0 Å². The van der Waals surface area contributed by atoms with Gasteiger partial charge in [0, 0.05) is 17.0 Å². The molecule has 3 N–H and O–H groups in total. The van der Waals surface area contributed by atoms with E-state index in [2.05, 4.69) is 15.6 Å². The van der Waals surface area contributed by atoms with Crippen molar-refractivity contribution < 1.29 is 27.9 Å². The Morgan fingerprint density at radius 3 is 2.57 bits per heavy atom. The van der Waals surface area contributed by atoms with Gasteiger partial charge in [-0.05, 0) is 67.4 Å². The van der Waals surface area contributed by atoms with E-state index in [1.165, 1.54) is 28.8 Å². The van der Waals surface area contributed by atoms with Crippen molar-refractivity contribution in [2.45, 2.75) is 49.0 Å². The number of aliphatic hydroxyl groups excluding tert-OH is 1. The zero-order valence-corrected chi connectivity index (χ0v) is 19.2. The molecular weight excluding hydrogens is 485 g/mol. The van der Waals surface area contributed by atoms with Crippen LogP contribution >= 0.6 is 11.8 Å². The lowest BCUT2D eigenvalue weighted by Crippen LogP contribution is -2.47. The molecule has 1 fully saturated rings. The van der Waals surface area contributed by atoms with Gasteiger partial charge in [0.05, 0.1) is 10.9 Å². The number of benzene rings is 2. The van der Waals surface area contributed by atoms with Crippen molar-refractivity contribution in [1.82, 2.24) is 20.2 Å². The Balaban J connectivity index is 1.59. The highest BCUT2D eigenvalue weighted by Gasteiger charge is 2.31. The number of piperidine rings is 1. The third kappa shape index (κ3) is 5.49. The largest absolute Gasteiger partial charge is 0.446 e. The molecule has 12 heteroatoms. The minimum atomic E-state index is -4.42. The number of carbonyl (C=O) groups excluding carboxylic acids is 2. The summed E-state index contributed by atoms with van der Waals surface area (Å²) in [6, 6.07) is 9.18. The molecule has 0 bridgehead atoms. The van der Waals surface area contributed by atoms with Crippen molar-refractivity contribution >= 4 is 34.5 Å². The molecule has 35 heavy (non-hydrogen) atoms. The third-order valence-corrected chi connectivity index (χ3v) is 6.36. The third-order valence-electron chi connectivity index (χ3n) is 5.62. The molecule has 1 unspecified atom stereocenters. The van der Waals surface area contributed by atoms with E-state index in [1.54, 1.807) is 25.1 Å². The van der Waals surface area contributed by atoms with Crippen molar-refractivity contribution in [3.05, 3.63) is 69.8 Å². The van der Waals surface area contributed by atoms with Gasteiger partial charge in [0.25, 0.3) is 11.5 Å². The molecule has 1 aliphatic heterocycles. The lowest BCUT2D eigenvalue weighted by molar-refractivity contribution is -0.130. The molecule has 0 radical (unpaired) electrons. The molecular formula is C23H21F3N4O4S. The second-order valence-corrected chi connectivity index (χ2v) is 9.16. The summed E-state index contributed by atoms with van der Waals surface area (Å²) in [5.74, 6) is -0.656. The maximum Gasteiger partial charge on any atom is 0.446 e. The number of aryl methyl sites for hydroxylation is 1. The molecule has 184 valence electrons. The lowest BCUT2D eigenvalue weighted by Gasteiger charge is -2.28. The van der Waals surface area contributed by atoms with Crippen molar-refractivity contribution in [2.24, 2.45) is 0 Å². The van der Waals surface area contributed by atoms with Gasteiger partial charge in [-0.15, -0.1) is 0 Å². The molecule has 8 nitrogen and oxygen atoms in total. The molecule has 2 amide bonds. The fraction of sp³-hybridized carbons (Fsp3) is 0.304. The Bertz CT molecular complexity index is 1340. The number of carbonyl (C=O) groups is 2. The summed E-state index contributed by atoms with van der Waals surface area (Å²) >= 11 is -0.269. The summed E-state index contributed by atoms with van der Waals surface area (Å²) < 4.78 is 38.8. The first-order chi connectivity index (χ1) is 16.5. The average Bonchev–Trinajstić information content (AvgIpc) is 2.78. The maximum absolute atomic E-state index is 13.4. The van der Waals surface area contributed by atoms with Crippen molar-refractivity contribution in [3.8, 4) is 0 Å². The zero-order valence-electron chi connectivity index (χ0n) is 18.4. The molecule has 2 aromatic carbocycles. The van der Waals surface area contributed by atoms with Crippen LogP contribution in [0.25, 0.3) is 10.9 Å². The summed E-state index contributed by atoms with van der Waals surface area (Å²) in [6.07, 6.45) is -0.407. The number of nitrogens with one attached hydrogen (secondary N) is 2. The van der Waals surface area contributed by atoms with Crippen molar-refractivity contribution in [3.63, 3.8) is 0 Å². The molecule has 0 spiro atoms. The van der Waals surface area contributed by atoms with Gasteiger partial charge in [-0.2, -0.15) is 13.2 Å². The van der Waals surface area contributed by atoms with Crippen LogP contribution in [-0.4, -0.2) is 38.2 Å². The van der Waals surface area contributed by atoms with Gasteiger partial charge in [0.15, 0.2) is 0 Å². The average molecular weight is 507 g/mol. The van der Waals surface area contributed by atoms with Crippen LogP contribution in [0.4, 0.5) is 13.2 Å². The number of hydrogen-bond acceptors (Lipinski definition) is 6. The van der Waals surface area contributed by atoms with Crippen LogP contribution in [0.5, 0.6) is 0 Å². The Morgan fingerprint density at radius 2 is 1.91 bits per heavy atom. The number of rotatable bonds is 5. The first-order valence-electron chi connectivity index (χ1n) is 10.7. The highest BCUT2D eigenvalue weighted by atomic mass is 32.2. The number of fused-ring (bicyclic) bond motifs is 1. The van der Waals surface area contributed by atoms with Crippen LogP contribution in [0.2, 0.25) is 0 Å². The van der Waals surface area contributed by atoms with Crippen LogP contribution in [0, 0.1) is 6.92 Å². The highest BCUT2D eigenvalue weighted by Crippen LogP contribution is 2.36. The number of nitrogens with zero attached hydrogens (tertiary/aromatic N) is 2. The normalized spacial score (nSPS) is 18.4. The fourth-order valence-corrected chi connectivity index (χ4v) is 4.59.